The van der Waals surface area contributed by atoms with Crippen molar-refractivity contribution in [1.82, 2.24) is 20.1 Å². The van der Waals surface area contributed by atoms with Gasteiger partial charge in [0.05, 0.1) is 19.4 Å². The summed E-state index contributed by atoms with van der Waals surface area (Å²) in [6, 6.07) is 5.11. The van der Waals surface area contributed by atoms with Crippen molar-refractivity contribution in [3.05, 3.63) is 34.4 Å². The van der Waals surface area contributed by atoms with Crippen molar-refractivity contribution in [2.24, 2.45) is 0 Å². The fourth-order valence-corrected chi connectivity index (χ4v) is 6.98. The first-order chi connectivity index (χ1) is 19.7. The maximum Gasteiger partial charge on any atom is 0.306 e. The van der Waals surface area contributed by atoms with Gasteiger partial charge < -0.3 is 19.3 Å². The molecule has 2 aromatic rings. The Labute approximate surface area is 248 Å². The van der Waals surface area contributed by atoms with E-state index in [4.69, 9.17) is 14.1 Å². The van der Waals surface area contributed by atoms with Gasteiger partial charge in [-0.1, -0.05) is 28.5 Å². The van der Waals surface area contributed by atoms with E-state index in [1.54, 1.807) is 58.8 Å². The Morgan fingerprint density at radius 2 is 1.76 bits per heavy atom. The van der Waals surface area contributed by atoms with Crippen LogP contribution in [0.15, 0.2) is 33.4 Å². The second kappa shape index (κ2) is 16.4. The molecule has 41 heavy (non-hydrogen) atoms. The Kier molecular flexibility index (Phi) is 13.0. The number of esters is 2. The summed E-state index contributed by atoms with van der Waals surface area (Å²) >= 11 is 0. The fraction of sp³-hybridized carbons (Fsp3) is 0.571. The van der Waals surface area contributed by atoms with Gasteiger partial charge in [0.15, 0.2) is 0 Å². The number of carbonyl (C=O) groups excluding carboxylic acids is 4. The highest BCUT2D eigenvalue weighted by atomic mass is 33.1. The van der Waals surface area contributed by atoms with Crippen LogP contribution < -0.4 is 0 Å². The van der Waals surface area contributed by atoms with Gasteiger partial charge >= 0.3 is 11.9 Å². The Bertz CT molecular complexity index is 1230. The normalized spacial score (nSPS) is 17.5. The molecule has 13 heteroatoms. The lowest BCUT2D eigenvalue weighted by atomic mass is 9.91. The summed E-state index contributed by atoms with van der Waals surface area (Å²) < 4.78 is 15.6. The van der Waals surface area contributed by atoms with Crippen LogP contribution in [0.25, 0.3) is 11.0 Å². The molecule has 1 aromatic heterocycles. The molecule has 1 aliphatic rings. The summed E-state index contributed by atoms with van der Waals surface area (Å²) in [7, 11) is 6.75. The molecule has 1 aliphatic carbocycles. The van der Waals surface area contributed by atoms with Crippen LogP contribution in [0.1, 0.15) is 75.6 Å². The first kappa shape index (κ1) is 32.5. The number of carbonyl (C=O) groups is 4. The second-order valence-corrected chi connectivity index (χ2v) is 12.4. The summed E-state index contributed by atoms with van der Waals surface area (Å²) in [4.78, 5) is 52.9. The fourth-order valence-electron chi connectivity index (χ4n) is 4.37. The van der Waals surface area contributed by atoms with Crippen molar-refractivity contribution in [3.8, 4) is 0 Å². The molecule has 0 unspecified atom stereocenters. The maximum atomic E-state index is 13.0. The Hall–Kier alpha value is -3.06. The molecule has 1 saturated carbocycles. The number of allylic oxidation sites excluding steroid dienone is 1. The van der Waals surface area contributed by atoms with Gasteiger partial charge in [-0.2, -0.15) is 0 Å². The van der Waals surface area contributed by atoms with E-state index in [1.807, 2.05) is 6.92 Å². The molecule has 0 saturated heterocycles. The quantitative estimate of drug-likeness (QED) is 0.118. The van der Waals surface area contributed by atoms with Crippen molar-refractivity contribution in [1.29, 1.82) is 0 Å². The number of aromatic nitrogens is 2. The molecule has 1 aromatic carbocycles. The zero-order valence-corrected chi connectivity index (χ0v) is 25.6. The van der Waals surface area contributed by atoms with Crippen molar-refractivity contribution in [3.63, 3.8) is 0 Å². The standard InChI is InChI=1S/C28H38N4O7S2/c1-5-16-40-41-25(19(2)31(3)18-33)14-15-37-26(34)12-13-27(35)38-22-9-7-21(8-10-22)32(4)28(36)20-6-11-23-24(17-20)30-39-29-23/h6,11,17-18,21-22H,5,7-10,12-16H2,1-4H3/b25-19+. The number of ether oxygens (including phenoxy) is 2. The number of rotatable bonds is 15. The highest BCUT2D eigenvalue weighted by molar-refractivity contribution is 8.78. The average molecular weight is 607 g/mol. The smallest absolute Gasteiger partial charge is 0.306 e. The number of hydrogen-bond acceptors (Lipinski definition) is 11. The molecule has 0 aliphatic heterocycles. The van der Waals surface area contributed by atoms with Gasteiger partial charge in [0.25, 0.3) is 5.91 Å². The van der Waals surface area contributed by atoms with Gasteiger partial charge in [-0.3, -0.25) is 19.2 Å². The molecule has 2 amide bonds. The molecular formula is C28H38N4O7S2. The molecule has 0 N–H and O–H groups in total. The molecule has 1 fully saturated rings. The minimum atomic E-state index is -0.461. The molecule has 1 heterocycles. The number of nitrogens with zero attached hydrogens (tertiary/aromatic N) is 4. The molecular weight excluding hydrogens is 568 g/mol. The number of hydrogen-bond donors (Lipinski definition) is 0. The van der Waals surface area contributed by atoms with Crippen molar-refractivity contribution >= 4 is 56.9 Å². The molecule has 3 rings (SSSR count). The van der Waals surface area contributed by atoms with Crippen molar-refractivity contribution in [2.45, 2.75) is 77.4 Å². The van der Waals surface area contributed by atoms with E-state index in [-0.39, 0.29) is 37.5 Å². The van der Waals surface area contributed by atoms with E-state index >= 15 is 0 Å². The number of fused-ring (bicyclic) bond motifs is 1. The van der Waals surface area contributed by atoms with Crippen LogP contribution >= 0.6 is 21.6 Å². The average Bonchev–Trinajstić information content (AvgIpc) is 3.46. The number of amides is 2. The van der Waals surface area contributed by atoms with Crippen LogP contribution in [0.2, 0.25) is 0 Å². The Morgan fingerprint density at radius 3 is 2.46 bits per heavy atom. The summed E-state index contributed by atoms with van der Waals surface area (Å²) in [5.74, 6) is -0.0257. The monoisotopic (exact) mass is 606 g/mol. The number of benzene rings is 1. The Balaban J connectivity index is 1.36. The summed E-state index contributed by atoms with van der Waals surface area (Å²) in [6.45, 7) is 4.14. The lowest BCUT2D eigenvalue weighted by Gasteiger charge is -2.34. The SMILES string of the molecule is CCCSS/C(CCOC(=O)CCC(=O)OC1CCC(N(C)C(=O)c2ccc3nonc3c2)CC1)=C(\C)N(C)C=O. The molecule has 224 valence electrons. The van der Waals surface area contributed by atoms with Gasteiger partial charge in [-0.15, -0.1) is 0 Å². The molecule has 0 radical (unpaired) electrons. The first-order valence-electron chi connectivity index (χ1n) is 13.7. The van der Waals surface area contributed by atoms with Gasteiger partial charge in [-0.25, -0.2) is 4.63 Å². The third-order valence-corrected chi connectivity index (χ3v) is 9.82. The van der Waals surface area contributed by atoms with E-state index in [1.165, 1.54) is 4.90 Å². The highest BCUT2D eigenvalue weighted by Gasteiger charge is 2.29. The summed E-state index contributed by atoms with van der Waals surface area (Å²) in [6.07, 6.45) is 4.64. The summed E-state index contributed by atoms with van der Waals surface area (Å²) in [5.41, 5.74) is 2.46. The van der Waals surface area contributed by atoms with Crippen LogP contribution in [-0.2, 0) is 23.9 Å². The lowest BCUT2D eigenvalue weighted by molar-refractivity contribution is -0.155. The van der Waals surface area contributed by atoms with Crippen LogP contribution in [0.3, 0.4) is 0 Å². The van der Waals surface area contributed by atoms with Gasteiger partial charge in [0, 0.05) is 48.5 Å². The van der Waals surface area contributed by atoms with Crippen molar-refractivity contribution < 1.29 is 33.3 Å². The maximum absolute atomic E-state index is 13.0. The third kappa shape index (κ3) is 9.77. The second-order valence-electron chi connectivity index (χ2n) is 9.90. The molecule has 11 nitrogen and oxygen atoms in total. The minimum Gasteiger partial charge on any atom is -0.465 e. The van der Waals surface area contributed by atoms with E-state index < -0.39 is 11.9 Å². The molecule has 0 atom stereocenters. The molecule has 0 bridgehead atoms. The van der Waals surface area contributed by atoms with Gasteiger partial charge in [0.2, 0.25) is 6.41 Å². The Morgan fingerprint density at radius 1 is 1.05 bits per heavy atom. The van der Waals surface area contributed by atoms with E-state index in [0.717, 1.165) is 29.2 Å². The zero-order valence-electron chi connectivity index (χ0n) is 24.0. The first-order valence-corrected chi connectivity index (χ1v) is 16.1. The predicted octanol–water partition coefficient (Wildman–Crippen LogP) is 4.97. The van der Waals surface area contributed by atoms with Gasteiger partial charge in [0.1, 0.15) is 17.1 Å². The highest BCUT2D eigenvalue weighted by Crippen LogP contribution is 2.35. The van der Waals surface area contributed by atoms with E-state index in [9.17, 15) is 19.2 Å². The minimum absolute atomic E-state index is 0.0333. The lowest BCUT2D eigenvalue weighted by Crippen LogP contribution is -2.41. The summed E-state index contributed by atoms with van der Waals surface area (Å²) in [5, 5.41) is 7.56. The predicted molar refractivity (Wildman–Crippen MR) is 158 cm³/mol. The zero-order chi connectivity index (χ0) is 29.8. The topological polar surface area (TPSA) is 132 Å². The van der Waals surface area contributed by atoms with Crippen LogP contribution in [0, 0.1) is 0 Å². The third-order valence-electron chi connectivity index (χ3n) is 6.97. The van der Waals surface area contributed by atoms with Crippen molar-refractivity contribution in [2.75, 3.05) is 26.5 Å². The van der Waals surface area contributed by atoms with E-state index in [2.05, 4.69) is 17.2 Å². The molecule has 0 spiro atoms. The van der Waals surface area contributed by atoms with E-state index in [0.29, 0.717) is 48.7 Å². The van der Waals surface area contributed by atoms with Crippen LogP contribution in [-0.4, -0.2) is 83.0 Å². The van der Waals surface area contributed by atoms with Gasteiger partial charge in [-0.05, 0) is 67.5 Å². The van der Waals surface area contributed by atoms with Crippen LogP contribution in [0.5, 0.6) is 0 Å². The van der Waals surface area contributed by atoms with Crippen LogP contribution in [0.4, 0.5) is 0 Å². The largest absolute Gasteiger partial charge is 0.465 e.